The Labute approximate surface area is 112 Å². The van der Waals surface area contributed by atoms with E-state index in [0.29, 0.717) is 0 Å². The Kier molecular flexibility index (Phi) is 4.88. The second kappa shape index (κ2) is 6.86. The number of aromatic nitrogens is 3. The molecule has 1 aromatic heterocycles. The second-order valence-corrected chi connectivity index (χ2v) is 4.13. The van der Waals surface area contributed by atoms with Crippen LogP contribution in [0.15, 0.2) is 43.0 Å². The molecule has 1 aromatic carbocycles. The topological polar surface area (TPSA) is 61.2 Å². The van der Waals surface area contributed by atoms with Crippen molar-refractivity contribution in [3.05, 3.63) is 48.5 Å². The van der Waals surface area contributed by atoms with Gasteiger partial charge in [0.25, 0.3) is 0 Å². The van der Waals surface area contributed by atoms with Crippen molar-refractivity contribution in [3.8, 4) is 0 Å². The highest BCUT2D eigenvalue weighted by Gasteiger charge is 2.21. The SMILES string of the molecule is COC(OC)[C@@H](Cc1ccccc1)Nn1cnnc1. The van der Waals surface area contributed by atoms with E-state index in [1.54, 1.807) is 31.6 Å². The molecule has 102 valence electrons. The molecular formula is C13H18N4O2. The molecular weight excluding hydrogens is 244 g/mol. The zero-order valence-electron chi connectivity index (χ0n) is 11.1. The van der Waals surface area contributed by atoms with Gasteiger partial charge in [-0.05, 0) is 12.0 Å². The summed E-state index contributed by atoms with van der Waals surface area (Å²) in [5.74, 6) is 0. The molecule has 1 N–H and O–H groups in total. The average Bonchev–Trinajstić information content (AvgIpc) is 2.94. The van der Waals surface area contributed by atoms with E-state index >= 15 is 0 Å². The normalized spacial score (nSPS) is 12.6. The number of methoxy groups -OCH3 is 2. The number of hydrogen-bond donors (Lipinski definition) is 1. The van der Waals surface area contributed by atoms with E-state index in [4.69, 9.17) is 9.47 Å². The zero-order chi connectivity index (χ0) is 13.5. The molecule has 0 bridgehead atoms. The summed E-state index contributed by atoms with van der Waals surface area (Å²) in [6, 6.07) is 10.1. The van der Waals surface area contributed by atoms with Crippen LogP contribution >= 0.6 is 0 Å². The first-order valence-corrected chi connectivity index (χ1v) is 6.04. The minimum Gasteiger partial charge on any atom is -0.354 e. The summed E-state index contributed by atoms with van der Waals surface area (Å²) in [5.41, 5.74) is 4.45. The summed E-state index contributed by atoms with van der Waals surface area (Å²) < 4.78 is 12.4. The Balaban J connectivity index is 2.09. The monoisotopic (exact) mass is 262 g/mol. The molecule has 0 saturated carbocycles. The van der Waals surface area contributed by atoms with E-state index in [1.807, 2.05) is 18.2 Å². The molecule has 6 nitrogen and oxygen atoms in total. The molecule has 0 aliphatic carbocycles. The second-order valence-electron chi connectivity index (χ2n) is 4.13. The fourth-order valence-electron chi connectivity index (χ4n) is 1.95. The number of benzene rings is 1. The van der Waals surface area contributed by atoms with Crippen LogP contribution in [0.2, 0.25) is 0 Å². The third-order valence-corrected chi connectivity index (χ3v) is 2.83. The van der Waals surface area contributed by atoms with Gasteiger partial charge in [0.2, 0.25) is 0 Å². The van der Waals surface area contributed by atoms with Gasteiger partial charge in [-0.25, -0.2) is 4.68 Å². The van der Waals surface area contributed by atoms with Gasteiger partial charge in [-0.2, -0.15) is 0 Å². The Morgan fingerprint density at radius 2 is 1.74 bits per heavy atom. The molecule has 0 aliphatic rings. The zero-order valence-corrected chi connectivity index (χ0v) is 11.1. The first-order valence-electron chi connectivity index (χ1n) is 6.04. The van der Waals surface area contributed by atoms with Gasteiger partial charge in [0.15, 0.2) is 6.29 Å². The van der Waals surface area contributed by atoms with Gasteiger partial charge in [-0.15, -0.1) is 10.2 Å². The third kappa shape index (κ3) is 3.77. The van der Waals surface area contributed by atoms with E-state index in [9.17, 15) is 0 Å². The maximum Gasteiger partial charge on any atom is 0.178 e. The lowest BCUT2D eigenvalue weighted by atomic mass is 10.1. The number of hydrogen-bond acceptors (Lipinski definition) is 5. The maximum absolute atomic E-state index is 5.34. The highest BCUT2D eigenvalue weighted by Crippen LogP contribution is 2.10. The predicted octanol–water partition coefficient (Wildman–Crippen LogP) is 1.05. The van der Waals surface area contributed by atoms with Crippen molar-refractivity contribution < 1.29 is 9.47 Å². The fraction of sp³-hybridized carbons (Fsp3) is 0.385. The van der Waals surface area contributed by atoms with Gasteiger partial charge in [-0.1, -0.05) is 30.3 Å². The summed E-state index contributed by atoms with van der Waals surface area (Å²) in [7, 11) is 3.25. The van der Waals surface area contributed by atoms with Crippen LogP contribution in [0.4, 0.5) is 0 Å². The molecule has 2 rings (SSSR count). The van der Waals surface area contributed by atoms with Gasteiger partial charge in [0, 0.05) is 14.2 Å². The van der Waals surface area contributed by atoms with Crippen molar-refractivity contribution in [2.45, 2.75) is 18.8 Å². The Morgan fingerprint density at radius 3 is 2.32 bits per heavy atom. The molecule has 0 radical (unpaired) electrons. The van der Waals surface area contributed by atoms with Crippen LogP contribution in [0.3, 0.4) is 0 Å². The molecule has 0 aliphatic heterocycles. The highest BCUT2D eigenvalue weighted by molar-refractivity contribution is 5.17. The molecule has 2 aromatic rings. The van der Waals surface area contributed by atoms with Crippen molar-refractivity contribution in [1.82, 2.24) is 14.9 Å². The Hall–Kier alpha value is -1.92. The van der Waals surface area contributed by atoms with Gasteiger partial charge >= 0.3 is 0 Å². The van der Waals surface area contributed by atoms with Gasteiger partial charge in [-0.3, -0.25) is 0 Å². The summed E-state index contributed by atoms with van der Waals surface area (Å²) in [5, 5.41) is 7.52. The first-order chi connectivity index (χ1) is 9.33. The Morgan fingerprint density at radius 1 is 1.11 bits per heavy atom. The fourth-order valence-corrected chi connectivity index (χ4v) is 1.95. The Bertz CT molecular complexity index is 457. The van der Waals surface area contributed by atoms with Crippen LogP contribution in [0.5, 0.6) is 0 Å². The highest BCUT2D eigenvalue weighted by atomic mass is 16.7. The minimum absolute atomic E-state index is 0.0478. The number of rotatable bonds is 7. The third-order valence-electron chi connectivity index (χ3n) is 2.83. The molecule has 1 heterocycles. The smallest absolute Gasteiger partial charge is 0.178 e. The number of nitrogens with zero attached hydrogens (tertiary/aromatic N) is 3. The maximum atomic E-state index is 5.34. The lowest BCUT2D eigenvalue weighted by Crippen LogP contribution is -2.41. The van der Waals surface area contributed by atoms with Crippen molar-refractivity contribution >= 4 is 0 Å². The summed E-state index contributed by atoms with van der Waals surface area (Å²) >= 11 is 0. The lowest BCUT2D eigenvalue weighted by Gasteiger charge is -2.26. The van der Waals surface area contributed by atoms with Crippen molar-refractivity contribution in [2.75, 3.05) is 19.6 Å². The van der Waals surface area contributed by atoms with Crippen LogP contribution in [0.1, 0.15) is 5.56 Å². The van der Waals surface area contributed by atoms with Gasteiger partial charge in [0.1, 0.15) is 12.7 Å². The summed E-state index contributed by atoms with van der Waals surface area (Å²) in [4.78, 5) is 0. The van der Waals surface area contributed by atoms with Crippen molar-refractivity contribution in [2.24, 2.45) is 0 Å². The number of nitrogens with one attached hydrogen (secondary N) is 1. The van der Waals surface area contributed by atoms with Crippen LogP contribution in [0.25, 0.3) is 0 Å². The van der Waals surface area contributed by atoms with E-state index < -0.39 is 0 Å². The quantitative estimate of drug-likeness (QED) is 0.756. The lowest BCUT2D eigenvalue weighted by molar-refractivity contribution is -0.113. The molecule has 6 heteroatoms. The molecule has 0 amide bonds. The molecule has 0 spiro atoms. The molecule has 19 heavy (non-hydrogen) atoms. The molecule has 1 atom stereocenters. The largest absolute Gasteiger partial charge is 0.354 e. The molecule has 0 unspecified atom stereocenters. The van der Waals surface area contributed by atoms with E-state index in [0.717, 1.165) is 6.42 Å². The molecule has 0 fully saturated rings. The number of ether oxygens (including phenoxy) is 2. The van der Waals surface area contributed by atoms with Crippen molar-refractivity contribution in [3.63, 3.8) is 0 Å². The minimum atomic E-state index is -0.359. The van der Waals surface area contributed by atoms with Crippen LogP contribution in [-0.2, 0) is 15.9 Å². The van der Waals surface area contributed by atoms with Crippen molar-refractivity contribution in [1.29, 1.82) is 0 Å². The average molecular weight is 262 g/mol. The first kappa shape index (κ1) is 13.5. The van der Waals surface area contributed by atoms with E-state index in [1.165, 1.54) is 5.56 Å². The van der Waals surface area contributed by atoms with Gasteiger partial charge in [0.05, 0.1) is 6.04 Å². The predicted molar refractivity (Wildman–Crippen MR) is 71.1 cm³/mol. The van der Waals surface area contributed by atoms with E-state index in [2.05, 4.69) is 27.8 Å². The van der Waals surface area contributed by atoms with Crippen LogP contribution in [-0.4, -0.2) is 41.4 Å². The van der Waals surface area contributed by atoms with E-state index in [-0.39, 0.29) is 12.3 Å². The summed E-state index contributed by atoms with van der Waals surface area (Å²) in [6.45, 7) is 0. The summed E-state index contributed by atoms with van der Waals surface area (Å²) in [6.07, 6.45) is 3.61. The standard InChI is InChI=1S/C13H18N4O2/c1-18-13(19-2)12(16-17-9-14-15-10-17)8-11-6-4-3-5-7-11/h3-7,9-10,12-13,16H,8H2,1-2H3/t12-/m1/s1. The molecule has 0 saturated heterocycles. The van der Waals surface area contributed by atoms with Crippen LogP contribution in [0, 0.1) is 0 Å². The van der Waals surface area contributed by atoms with Gasteiger partial charge < -0.3 is 14.9 Å². The van der Waals surface area contributed by atoms with Crippen LogP contribution < -0.4 is 5.43 Å².